The molecule has 3 nitrogen and oxygen atoms in total. The Morgan fingerprint density at radius 3 is 2.68 bits per heavy atom. The highest BCUT2D eigenvalue weighted by molar-refractivity contribution is 5.13. The van der Waals surface area contributed by atoms with Crippen molar-refractivity contribution in [3.8, 4) is 0 Å². The van der Waals surface area contributed by atoms with Crippen molar-refractivity contribution in [2.24, 2.45) is 17.6 Å². The molecule has 0 radical (unpaired) electrons. The average Bonchev–Trinajstić information content (AvgIpc) is 3.07. The molecule has 0 aromatic carbocycles. The highest BCUT2D eigenvalue weighted by atomic mass is 15.2. The normalized spacial score (nSPS) is 33.2. The molecule has 2 aliphatic rings. The van der Waals surface area contributed by atoms with Gasteiger partial charge in [0.15, 0.2) is 0 Å². The number of likely N-dealkylation sites (N-methyl/N-ethyl adjacent to an activating group) is 1. The number of fused-ring (bicyclic) bond motifs is 2. The molecule has 1 heterocycles. The largest absolute Gasteiger partial charge is 0.329 e. The first-order chi connectivity index (χ1) is 9.28. The van der Waals surface area contributed by atoms with E-state index in [1.807, 2.05) is 12.4 Å². The van der Waals surface area contributed by atoms with Gasteiger partial charge in [0.05, 0.1) is 0 Å². The minimum atomic E-state index is 0.265. The van der Waals surface area contributed by atoms with Crippen LogP contribution >= 0.6 is 0 Å². The number of rotatable bonds is 5. The zero-order valence-corrected chi connectivity index (χ0v) is 11.9. The Balaban J connectivity index is 1.81. The Labute approximate surface area is 116 Å². The number of pyridine rings is 1. The van der Waals surface area contributed by atoms with E-state index >= 15 is 0 Å². The maximum absolute atomic E-state index is 6.23. The molecule has 3 rings (SSSR count). The smallest absolute Gasteiger partial charge is 0.0365 e. The topological polar surface area (TPSA) is 42.2 Å². The van der Waals surface area contributed by atoms with E-state index in [4.69, 9.17) is 5.73 Å². The third-order valence-corrected chi connectivity index (χ3v) is 5.43. The van der Waals surface area contributed by atoms with Crippen LogP contribution in [0, 0.1) is 11.8 Å². The summed E-state index contributed by atoms with van der Waals surface area (Å²) >= 11 is 0. The summed E-state index contributed by atoms with van der Waals surface area (Å²) in [6.07, 6.45) is 9.31. The SMILES string of the molecule is CCN(Cc1ccncc1)C1(CN)CC2CCC1C2. The summed E-state index contributed by atoms with van der Waals surface area (Å²) in [7, 11) is 0. The van der Waals surface area contributed by atoms with E-state index < -0.39 is 0 Å². The third-order valence-electron chi connectivity index (χ3n) is 5.43. The van der Waals surface area contributed by atoms with Crippen LogP contribution < -0.4 is 5.73 Å². The summed E-state index contributed by atoms with van der Waals surface area (Å²) in [4.78, 5) is 6.74. The fraction of sp³-hybridized carbons (Fsp3) is 0.688. The molecule has 1 aromatic heterocycles. The number of aromatic nitrogens is 1. The second-order valence-electron chi connectivity index (χ2n) is 6.26. The number of hydrogen-bond acceptors (Lipinski definition) is 3. The van der Waals surface area contributed by atoms with Crippen LogP contribution in [0.3, 0.4) is 0 Å². The standard InChI is InChI=1S/C16H25N3/c1-2-19(11-13-5-7-18-8-6-13)16(12-17)10-14-3-4-15(16)9-14/h5-8,14-15H,2-4,9-12,17H2,1H3. The van der Waals surface area contributed by atoms with Crippen LogP contribution in [0.25, 0.3) is 0 Å². The van der Waals surface area contributed by atoms with Gasteiger partial charge in [-0.05, 0) is 55.3 Å². The van der Waals surface area contributed by atoms with Gasteiger partial charge in [-0.15, -0.1) is 0 Å². The van der Waals surface area contributed by atoms with Gasteiger partial charge in [-0.25, -0.2) is 0 Å². The number of nitrogens with two attached hydrogens (primary N) is 1. The van der Waals surface area contributed by atoms with Crippen LogP contribution in [-0.4, -0.2) is 28.5 Å². The monoisotopic (exact) mass is 259 g/mol. The number of hydrogen-bond donors (Lipinski definition) is 1. The maximum Gasteiger partial charge on any atom is 0.0365 e. The molecular weight excluding hydrogens is 234 g/mol. The third kappa shape index (κ3) is 2.19. The van der Waals surface area contributed by atoms with Crippen LogP contribution in [0.4, 0.5) is 0 Å². The van der Waals surface area contributed by atoms with Crippen molar-refractivity contribution < 1.29 is 0 Å². The van der Waals surface area contributed by atoms with Crippen molar-refractivity contribution in [1.82, 2.24) is 9.88 Å². The van der Waals surface area contributed by atoms with E-state index in [0.717, 1.165) is 31.5 Å². The molecule has 3 atom stereocenters. The van der Waals surface area contributed by atoms with Gasteiger partial charge < -0.3 is 5.73 Å². The fourth-order valence-electron chi connectivity index (χ4n) is 4.47. The zero-order valence-electron chi connectivity index (χ0n) is 11.9. The van der Waals surface area contributed by atoms with Crippen molar-refractivity contribution in [3.63, 3.8) is 0 Å². The van der Waals surface area contributed by atoms with Gasteiger partial charge in [-0.2, -0.15) is 0 Å². The molecular formula is C16H25N3. The van der Waals surface area contributed by atoms with Crippen molar-refractivity contribution in [1.29, 1.82) is 0 Å². The van der Waals surface area contributed by atoms with E-state index in [9.17, 15) is 0 Å². The maximum atomic E-state index is 6.23. The molecule has 2 aliphatic carbocycles. The summed E-state index contributed by atoms with van der Waals surface area (Å²) in [5.74, 6) is 1.75. The Morgan fingerprint density at radius 2 is 2.16 bits per heavy atom. The lowest BCUT2D eigenvalue weighted by atomic mass is 9.79. The molecule has 3 heteroatoms. The molecule has 0 saturated heterocycles. The summed E-state index contributed by atoms with van der Waals surface area (Å²) in [6.45, 7) is 5.18. The zero-order chi connectivity index (χ0) is 13.3. The predicted molar refractivity (Wildman–Crippen MR) is 77.6 cm³/mol. The Hall–Kier alpha value is -0.930. The predicted octanol–water partition coefficient (Wildman–Crippen LogP) is 2.42. The first-order valence-electron chi connectivity index (χ1n) is 7.62. The summed E-state index contributed by atoms with van der Waals surface area (Å²) in [5.41, 5.74) is 7.85. The van der Waals surface area contributed by atoms with Gasteiger partial charge in [-0.3, -0.25) is 9.88 Å². The van der Waals surface area contributed by atoms with Gasteiger partial charge in [0.1, 0.15) is 0 Å². The quantitative estimate of drug-likeness (QED) is 0.883. The number of nitrogens with zero attached hydrogens (tertiary/aromatic N) is 2. The second-order valence-corrected chi connectivity index (χ2v) is 6.26. The van der Waals surface area contributed by atoms with Crippen LogP contribution in [0.5, 0.6) is 0 Å². The molecule has 2 bridgehead atoms. The lowest BCUT2D eigenvalue weighted by molar-refractivity contribution is 0.0390. The molecule has 0 amide bonds. The Kier molecular flexibility index (Phi) is 3.59. The lowest BCUT2D eigenvalue weighted by Gasteiger charge is -2.46. The highest BCUT2D eigenvalue weighted by Crippen LogP contribution is 2.53. The summed E-state index contributed by atoms with van der Waals surface area (Å²) in [5, 5.41) is 0. The average molecular weight is 259 g/mol. The lowest BCUT2D eigenvalue weighted by Crippen LogP contribution is -2.56. The molecule has 104 valence electrons. The van der Waals surface area contributed by atoms with Crippen LogP contribution in [-0.2, 0) is 6.54 Å². The summed E-state index contributed by atoms with van der Waals surface area (Å²) in [6, 6.07) is 4.25. The molecule has 2 fully saturated rings. The second kappa shape index (κ2) is 5.22. The Bertz CT molecular complexity index is 419. The van der Waals surface area contributed by atoms with Gasteiger partial charge in [-0.1, -0.05) is 13.3 Å². The van der Waals surface area contributed by atoms with Crippen molar-refractivity contribution in [2.45, 2.75) is 44.7 Å². The minimum absolute atomic E-state index is 0.265. The first-order valence-corrected chi connectivity index (χ1v) is 7.62. The molecule has 0 aliphatic heterocycles. The first kappa shape index (κ1) is 13.1. The van der Waals surface area contributed by atoms with Gasteiger partial charge in [0.2, 0.25) is 0 Å². The molecule has 1 aromatic rings. The van der Waals surface area contributed by atoms with Gasteiger partial charge >= 0.3 is 0 Å². The van der Waals surface area contributed by atoms with E-state index in [1.54, 1.807) is 0 Å². The molecule has 2 saturated carbocycles. The molecule has 19 heavy (non-hydrogen) atoms. The highest BCUT2D eigenvalue weighted by Gasteiger charge is 2.52. The molecule has 2 N–H and O–H groups in total. The van der Waals surface area contributed by atoms with E-state index in [1.165, 1.54) is 31.2 Å². The van der Waals surface area contributed by atoms with E-state index in [0.29, 0.717) is 0 Å². The van der Waals surface area contributed by atoms with Crippen molar-refractivity contribution in [2.75, 3.05) is 13.1 Å². The minimum Gasteiger partial charge on any atom is -0.329 e. The molecule has 0 spiro atoms. The van der Waals surface area contributed by atoms with Gasteiger partial charge in [0, 0.05) is 31.0 Å². The van der Waals surface area contributed by atoms with Crippen LogP contribution in [0.1, 0.15) is 38.2 Å². The van der Waals surface area contributed by atoms with E-state index in [-0.39, 0.29) is 5.54 Å². The fourth-order valence-corrected chi connectivity index (χ4v) is 4.47. The van der Waals surface area contributed by atoms with Crippen LogP contribution in [0.15, 0.2) is 24.5 Å². The van der Waals surface area contributed by atoms with Crippen molar-refractivity contribution >= 4 is 0 Å². The van der Waals surface area contributed by atoms with Gasteiger partial charge in [0.25, 0.3) is 0 Å². The van der Waals surface area contributed by atoms with Crippen molar-refractivity contribution in [3.05, 3.63) is 30.1 Å². The summed E-state index contributed by atoms with van der Waals surface area (Å²) < 4.78 is 0. The van der Waals surface area contributed by atoms with E-state index in [2.05, 4.69) is 28.9 Å². The van der Waals surface area contributed by atoms with Crippen LogP contribution in [0.2, 0.25) is 0 Å². The Morgan fingerprint density at radius 1 is 1.37 bits per heavy atom. The molecule has 3 unspecified atom stereocenters.